The number of carbonyl (C=O) groups excluding carboxylic acids is 1. The Balaban J connectivity index is 1.59. The highest BCUT2D eigenvalue weighted by Crippen LogP contribution is 2.34. The van der Waals surface area contributed by atoms with E-state index in [0.717, 1.165) is 6.42 Å². The summed E-state index contributed by atoms with van der Waals surface area (Å²) in [5, 5.41) is 6.39. The van der Waals surface area contributed by atoms with Crippen LogP contribution in [-0.2, 0) is 0 Å². The van der Waals surface area contributed by atoms with Crippen molar-refractivity contribution >= 4 is 52.2 Å². The van der Waals surface area contributed by atoms with Crippen molar-refractivity contribution in [3.8, 4) is 0 Å². The SMILES string of the molecule is O=C(Nc1ccc(F)c(Cl)c1)NC1CCN(c2c(Cl)cncc2Cl)C1. The first-order valence-electron chi connectivity index (χ1n) is 7.50. The Morgan fingerprint density at radius 2 is 1.92 bits per heavy atom. The highest BCUT2D eigenvalue weighted by Gasteiger charge is 2.27. The molecule has 5 nitrogen and oxygen atoms in total. The number of rotatable bonds is 3. The van der Waals surface area contributed by atoms with Gasteiger partial charge in [-0.2, -0.15) is 0 Å². The average molecular weight is 404 g/mol. The molecule has 2 amide bonds. The molecule has 1 aromatic carbocycles. The lowest BCUT2D eigenvalue weighted by atomic mass is 10.2. The van der Waals surface area contributed by atoms with Crippen LogP contribution in [0.3, 0.4) is 0 Å². The van der Waals surface area contributed by atoms with Crippen LogP contribution in [0.5, 0.6) is 0 Å². The maximum absolute atomic E-state index is 13.1. The molecule has 2 aromatic rings. The van der Waals surface area contributed by atoms with Crippen molar-refractivity contribution in [2.45, 2.75) is 12.5 Å². The number of aromatic nitrogens is 1. The number of hydrogen-bond acceptors (Lipinski definition) is 3. The summed E-state index contributed by atoms with van der Waals surface area (Å²) < 4.78 is 13.1. The molecule has 25 heavy (non-hydrogen) atoms. The number of carbonyl (C=O) groups is 1. The molecule has 1 aliphatic heterocycles. The zero-order valence-electron chi connectivity index (χ0n) is 12.9. The van der Waals surface area contributed by atoms with Gasteiger partial charge in [-0.3, -0.25) is 4.98 Å². The van der Waals surface area contributed by atoms with Gasteiger partial charge in [0.2, 0.25) is 0 Å². The van der Waals surface area contributed by atoms with Crippen molar-refractivity contribution in [2.75, 3.05) is 23.3 Å². The van der Waals surface area contributed by atoms with Crippen LogP contribution >= 0.6 is 34.8 Å². The molecule has 2 heterocycles. The summed E-state index contributed by atoms with van der Waals surface area (Å²) in [7, 11) is 0. The second-order valence-corrected chi connectivity index (χ2v) is 6.83. The smallest absolute Gasteiger partial charge is 0.319 e. The van der Waals surface area contributed by atoms with Gasteiger partial charge in [-0.25, -0.2) is 9.18 Å². The van der Waals surface area contributed by atoms with Crippen molar-refractivity contribution in [3.05, 3.63) is 51.5 Å². The van der Waals surface area contributed by atoms with Crippen LogP contribution in [0.1, 0.15) is 6.42 Å². The van der Waals surface area contributed by atoms with Crippen molar-refractivity contribution in [3.63, 3.8) is 0 Å². The number of urea groups is 1. The molecule has 9 heteroatoms. The number of amides is 2. The molecule has 0 aliphatic carbocycles. The van der Waals surface area contributed by atoms with Gasteiger partial charge in [0, 0.05) is 37.2 Å². The number of anilines is 2. The molecule has 0 saturated carbocycles. The molecule has 1 aliphatic rings. The number of nitrogens with one attached hydrogen (secondary N) is 2. The summed E-state index contributed by atoms with van der Waals surface area (Å²) >= 11 is 18.0. The molecule has 2 N–H and O–H groups in total. The summed E-state index contributed by atoms with van der Waals surface area (Å²) in [5.41, 5.74) is 1.13. The predicted octanol–water partition coefficient (Wildman–Crippen LogP) is 4.58. The molecule has 1 saturated heterocycles. The van der Waals surface area contributed by atoms with Gasteiger partial charge in [0.25, 0.3) is 0 Å². The summed E-state index contributed by atoms with van der Waals surface area (Å²) in [5.74, 6) is -0.537. The Morgan fingerprint density at radius 3 is 2.60 bits per heavy atom. The van der Waals surface area contributed by atoms with E-state index in [1.54, 1.807) is 0 Å². The maximum atomic E-state index is 13.1. The van der Waals surface area contributed by atoms with Crippen LogP contribution in [0.2, 0.25) is 15.1 Å². The maximum Gasteiger partial charge on any atom is 0.319 e. The van der Waals surface area contributed by atoms with E-state index in [1.807, 2.05) is 4.90 Å². The summed E-state index contributed by atoms with van der Waals surface area (Å²) in [6, 6.07) is 3.53. The fourth-order valence-corrected chi connectivity index (χ4v) is 3.50. The van der Waals surface area contributed by atoms with Crippen LogP contribution in [0.25, 0.3) is 0 Å². The summed E-state index contributed by atoms with van der Waals surface area (Å²) in [4.78, 5) is 18.0. The molecule has 1 aromatic heterocycles. The molecule has 1 unspecified atom stereocenters. The third-order valence-corrected chi connectivity index (χ3v) is 4.69. The predicted molar refractivity (Wildman–Crippen MR) is 98.4 cm³/mol. The molecule has 1 atom stereocenters. The molecule has 0 radical (unpaired) electrons. The molecule has 1 fully saturated rings. The van der Waals surface area contributed by atoms with Gasteiger partial charge in [-0.05, 0) is 24.6 Å². The lowest BCUT2D eigenvalue weighted by Gasteiger charge is -2.21. The van der Waals surface area contributed by atoms with Crippen LogP contribution in [-0.4, -0.2) is 30.1 Å². The zero-order chi connectivity index (χ0) is 18.0. The van der Waals surface area contributed by atoms with Gasteiger partial charge in [0.05, 0.1) is 20.8 Å². The van der Waals surface area contributed by atoms with Gasteiger partial charge in [-0.15, -0.1) is 0 Å². The summed E-state index contributed by atoms with van der Waals surface area (Å²) in [6.45, 7) is 1.28. The van der Waals surface area contributed by atoms with Gasteiger partial charge < -0.3 is 15.5 Å². The number of nitrogens with zero attached hydrogens (tertiary/aromatic N) is 2. The van der Waals surface area contributed by atoms with E-state index in [9.17, 15) is 9.18 Å². The number of halogens is 4. The Hall–Kier alpha value is -1.76. The van der Waals surface area contributed by atoms with E-state index in [1.165, 1.54) is 30.6 Å². The largest absolute Gasteiger partial charge is 0.367 e. The van der Waals surface area contributed by atoms with Crippen LogP contribution in [0.15, 0.2) is 30.6 Å². The third kappa shape index (κ3) is 4.26. The normalized spacial score (nSPS) is 16.8. The van der Waals surface area contributed by atoms with Gasteiger partial charge in [-0.1, -0.05) is 34.8 Å². The minimum absolute atomic E-state index is 0.0492. The van der Waals surface area contributed by atoms with E-state index in [2.05, 4.69) is 15.6 Å². The number of pyridine rings is 1. The third-order valence-electron chi connectivity index (χ3n) is 3.85. The van der Waals surface area contributed by atoms with Crippen molar-refractivity contribution in [1.29, 1.82) is 0 Å². The quantitative estimate of drug-likeness (QED) is 0.788. The van der Waals surface area contributed by atoms with Crippen molar-refractivity contribution < 1.29 is 9.18 Å². The van der Waals surface area contributed by atoms with E-state index in [0.29, 0.717) is 34.5 Å². The lowest BCUT2D eigenvalue weighted by molar-refractivity contribution is 0.249. The van der Waals surface area contributed by atoms with E-state index >= 15 is 0 Å². The number of benzene rings is 1. The molecule has 0 spiro atoms. The van der Waals surface area contributed by atoms with Gasteiger partial charge in [0.15, 0.2) is 0 Å². The standard InChI is InChI=1S/C16H14Cl3FN4O/c17-11-5-9(1-2-14(11)20)22-16(25)23-10-3-4-24(8-10)15-12(18)6-21-7-13(15)19/h1-2,5-7,10H,3-4,8H2,(H2,22,23,25). The molecule has 3 rings (SSSR count). The first-order valence-corrected chi connectivity index (χ1v) is 8.64. The highest BCUT2D eigenvalue weighted by molar-refractivity contribution is 6.38. The number of hydrogen-bond donors (Lipinski definition) is 2. The minimum atomic E-state index is -0.537. The average Bonchev–Trinajstić information content (AvgIpc) is 2.98. The molecule has 0 bridgehead atoms. The first kappa shape index (κ1) is 18.0. The topological polar surface area (TPSA) is 57.3 Å². The fraction of sp³-hybridized carbons (Fsp3) is 0.250. The van der Waals surface area contributed by atoms with Gasteiger partial charge >= 0.3 is 6.03 Å². The van der Waals surface area contributed by atoms with E-state index < -0.39 is 5.82 Å². The Morgan fingerprint density at radius 1 is 1.20 bits per heavy atom. The van der Waals surface area contributed by atoms with Crippen LogP contribution < -0.4 is 15.5 Å². The first-order chi connectivity index (χ1) is 11.9. The molecule has 132 valence electrons. The van der Waals surface area contributed by atoms with E-state index in [-0.39, 0.29) is 17.1 Å². The zero-order valence-corrected chi connectivity index (χ0v) is 15.2. The Kier molecular flexibility index (Phi) is 5.51. The van der Waals surface area contributed by atoms with Gasteiger partial charge in [0.1, 0.15) is 5.82 Å². The Bertz CT molecular complexity index is 785. The Labute approximate surface area is 159 Å². The fourth-order valence-electron chi connectivity index (χ4n) is 2.71. The lowest BCUT2D eigenvalue weighted by Crippen LogP contribution is -2.39. The second kappa shape index (κ2) is 7.64. The van der Waals surface area contributed by atoms with E-state index in [4.69, 9.17) is 34.8 Å². The monoisotopic (exact) mass is 402 g/mol. The second-order valence-electron chi connectivity index (χ2n) is 5.61. The van der Waals surface area contributed by atoms with Crippen molar-refractivity contribution in [1.82, 2.24) is 10.3 Å². The van der Waals surface area contributed by atoms with Crippen LogP contribution in [0, 0.1) is 5.82 Å². The summed E-state index contributed by atoms with van der Waals surface area (Å²) in [6.07, 6.45) is 3.82. The minimum Gasteiger partial charge on any atom is -0.367 e. The van der Waals surface area contributed by atoms with Crippen molar-refractivity contribution in [2.24, 2.45) is 0 Å². The molecular weight excluding hydrogens is 390 g/mol. The highest BCUT2D eigenvalue weighted by atomic mass is 35.5. The molecular formula is C16H14Cl3FN4O. The van der Waals surface area contributed by atoms with Crippen LogP contribution in [0.4, 0.5) is 20.6 Å².